The topological polar surface area (TPSA) is 63.6 Å². The smallest absolute Gasteiger partial charge is 0.406 e. The van der Waals surface area contributed by atoms with Crippen molar-refractivity contribution in [2.45, 2.75) is 24.0 Å². The number of hydrogen-bond acceptors (Lipinski definition) is 3. The summed E-state index contributed by atoms with van der Waals surface area (Å²) in [6.45, 7) is -0.503. The highest BCUT2D eigenvalue weighted by atomic mass is 32.2. The van der Waals surface area contributed by atoms with Crippen LogP contribution in [-0.4, -0.2) is 32.5 Å². The van der Waals surface area contributed by atoms with E-state index in [0.29, 0.717) is 0 Å². The van der Waals surface area contributed by atoms with Crippen LogP contribution in [0.15, 0.2) is 30.3 Å². The lowest BCUT2D eigenvalue weighted by Gasteiger charge is -2.23. The van der Waals surface area contributed by atoms with E-state index >= 15 is 0 Å². The molecule has 0 aliphatic heterocycles. The van der Waals surface area contributed by atoms with Crippen LogP contribution >= 0.6 is 0 Å². The van der Waals surface area contributed by atoms with E-state index < -0.39 is 47.7 Å². The van der Waals surface area contributed by atoms with Crippen molar-refractivity contribution < 1.29 is 35.9 Å². The lowest BCUT2D eigenvalue weighted by atomic mass is 10.2. The fourth-order valence-electron chi connectivity index (χ4n) is 1.39. The van der Waals surface area contributed by atoms with Gasteiger partial charge in [-0.1, -0.05) is 18.2 Å². The number of alkyl halides is 4. The molecule has 0 aliphatic rings. The molecular weight excluding hydrogens is 316 g/mol. The van der Waals surface area contributed by atoms with E-state index in [-0.39, 0.29) is 5.56 Å². The maximum absolute atomic E-state index is 13.1. The van der Waals surface area contributed by atoms with Gasteiger partial charge in [0.2, 0.25) is 11.1 Å². The van der Waals surface area contributed by atoms with E-state index in [4.69, 9.17) is 4.55 Å². The van der Waals surface area contributed by atoms with Crippen molar-refractivity contribution in [2.24, 2.45) is 0 Å². The first-order valence-corrected chi connectivity index (χ1v) is 6.88. The predicted octanol–water partition coefficient (Wildman–Crippen LogP) is 3.07. The molecule has 0 fully saturated rings. The van der Waals surface area contributed by atoms with Crippen molar-refractivity contribution in [3.63, 3.8) is 0 Å². The van der Waals surface area contributed by atoms with Gasteiger partial charge in [0.1, 0.15) is 0 Å². The molecule has 1 unspecified atom stereocenters. The van der Waals surface area contributed by atoms with Gasteiger partial charge in [-0.25, -0.2) is 9.00 Å². The lowest BCUT2D eigenvalue weighted by molar-refractivity contribution is -0.162. The molecule has 0 aliphatic carbocycles. The standard InChI is InChI=1S/C12H12F4O4S/c13-11(14,12(15,16)21(18)19)7-4-8-20-10(17)9-5-2-1-3-6-9/h1-3,5-6H,4,7-8H2,(H,18,19). The highest BCUT2D eigenvalue weighted by Gasteiger charge is 2.60. The van der Waals surface area contributed by atoms with Crippen LogP contribution in [0.3, 0.4) is 0 Å². The Balaban J connectivity index is 2.44. The molecular formula is C12H12F4O4S. The Hall–Kier alpha value is -1.48. The van der Waals surface area contributed by atoms with Crippen LogP contribution in [0.5, 0.6) is 0 Å². The maximum atomic E-state index is 13.1. The molecule has 9 heteroatoms. The van der Waals surface area contributed by atoms with Crippen molar-refractivity contribution in [1.82, 2.24) is 0 Å². The van der Waals surface area contributed by atoms with Crippen molar-refractivity contribution in [1.29, 1.82) is 0 Å². The molecule has 0 saturated heterocycles. The van der Waals surface area contributed by atoms with E-state index in [1.54, 1.807) is 18.2 Å². The Morgan fingerprint density at radius 1 is 1.19 bits per heavy atom. The second-order valence-corrected chi connectivity index (χ2v) is 5.09. The largest absolute Gasteiger partial charge is 0.462 e. The van der Waals surface area contributed by atoms with Crippen molar-refractivity contribution in [2.75, 3.05) is 6.61 Å². The summed E-state index contributed by atoms with van der Waals surface area (Å²) >= 11 is -3.98. The van der Waals surface area contributed by atoms with Crippen molar-refractivity contribution in [3.8, 4) is 0 Å². The fourth-order valence-corrected chi connectivity index (χ4v) is 1.75. The van der Waals surface area contributed by atoms with Crippen LogP contribution in [0.1, 0.15) is 23.2 Å². The molecule has 4 nitrogen and oxygen atoms in total. The minimum atomic E-state index is -5.05. The van der Waals surface area contributed by atoms with Gasteiger partial charge in [0.05, 0.1) is 12.2 Å². The highest BCUT2D eigenvalue weighted by molar-refractivity contribution is 7.80. The Kier molecular flexibility index (Phi) is 5.85. The molecule has 1 aromatic rings. The first-order valence-electron chi connectivity index (χ1n) is 5.77. The molecule has 1 aromatic carbocycles. The molecule has 1 N–H and O–H groups in total. The fraction of sp³-hybridized carbons (Fsp3) is 0.417. The third kappa shape index (κ3) is 4.50. The Bertz CT molecular complexity index is 507. The van der Waals surface area contributed by atoms with E-state index in [2.05, 4.69) is 4.74 Å². The number of ether oxygens (including phenoxy) is 1. The molecule has 1 atom stereocenters. The normalized spacial score (nSPS) is 13.8. The Labute approximate surface area is 120 Å². The zero-order valence-corrected chi connectivity index (χ0v) is 11.4. The molecule has 21 heavy (non-hydrogen) atoms. The summed E-state index contributed by atoms with van der Waals surface area (Å²) in [6, 6.07) is 7.69. The molecule has 0 spiro atoms. The lowest BCUT2D eigenvalue weighted by Crippen LogP contribution is -2.44. The molecule has 0 amide bonds. The second-order valence-electron chi connectivity index (χ2n) is 4.08. The minimum absolute atomic E-state index is 0.200. The highest BCUT2D eigenvalue weighted by Crippen LogP contribution is 2.39. The van der Waals surface area contributed by atoms with Gasteiger partial charge in [0.15, 0.2) is 0 Å². The molecule has 0 aromatic heterocycles. The summed E-state index contributed by atoms with van der Waals surface area (Å²) in [5.74, 6) is -5.43. The summed E-state index contributed by atoms with van der Waals surface area (Å²) in [6.07, 6.45) is -1.95. The van der Waals surface area contributed by atoms with Crippen LogP contribution in [0.25, 0.3) is 0 Å². The number of carbonyl (C=O) groups excluding carboxylic acids is 1. The maximum Gasteiger partial charge on any atom is 0.406 e. The van der Waals surface area contributed by atoms with Crippen LogP contribution in [-0.2, 0) is 15.8 Å². The molecule has 0 saturated carbocycles. The number of carbonyl (C=O) groups is 1. The van der Waals surface area contributed by atoms with E-state index in [1.165, 1.54) is 12.1 Å². The van der Waals surface area contributed by atoms with Crippen LogP contribution < -0.4 is 0 Å². The summed E-state index contributed by atoms with van der Waals surface area (Å²) in [5, 5.41) is -5.05. The third-order valence-electron chi connectivity index (χ3n) is 2.52. The number of benzene rings is 1. The first kappa shape index (κ1) is 17.6. The summed E-state index contributed by atoms with van der Waals surface area (Å²) in [7, 11) is 0. The average Bonchev–Trinajstić information content (AvgIpc) is 2.44. The Morgan fingerprint density at radius 3 is 2.29 bits per heavy atom. The van der Waals surface area contributed by atoms with Gasteiger partial charge in [-0.3, -0.25) is 0 Å². The van der Waals surface area contributed by atoms with Crippen molar-refractivity contribution in [3.05, 3.63) is 35.9 Å². The van der Waals surface area contributed by atoms with Gasteiger partial charge in [0, 0.05) is 6.42 Å². The third-order valence-corrected chi connectivity index (χ3v) is 3.26. The zero-order chi connectivity index (χ0) is 16.1. The van der Waals surface area contributed by atoms with Gasteiger partial charge in [0.25, 0.3) is 0 Å². The van der Waals surface area contributed by atoms with E-state index in [0.717, 1.165) is 0 Å². The zero-order valence-electron chi connectivity index (χ0n) is 10.6. The molecule has 0 heterocycles. The quantitative estimate of drug-likeness (QED) is 0.362. The van der Waals surface area contributed by atoms with Gasteiger partial charge in [-0.05, 0) is 18.6 Å². The first-order chi connectivity index (χ1) is 9.68. The van der Waals surface area contributed by atoms with Gasteiger partial charge in [-0.15, -0.1) is 0 Å². The van der Waals surface area contributed by atoms with Gasteiger partial charge in [-0.2, -0.15) is 17.6 Å². The monoisotopic (exact) mass is 328 g/mol. The molecule has 0 bridgehead atoms. The minimum Gasteiger partial charge on any atom is -0.462 e. The summed E-state index contributed by atoms with van der Waals surface area (Å²) in [4.78, 5) is 11.4. The second kappa shape index (κ2) is 6.99. The SMILES string of the molecule is O=C(OCCCC(F)(F)C(F)(F)S(=O)O)c1ccccc1. The molecule has 118 valence electrons. The van der Waals surface area contributed by atoms with Crippen LogP contribution in [0.2, 0.25) is 0 Å². The van der Waals surface area contributed by atoms with Gasteiger partial charge >= 0.3 is 17.1 Å². The summed E-state index contributed by atoms with van der Waals surface area (Å²) in [5.41, 5.74) is 0.200. The van der Waals surface area contributed by atoms with Crippen LogP contribution in [0, 0.1) is 0 Å². The number of halogens is 4. The van der Waals surface area contributed by atoms with Gasteiger partial charge < -0.3 is 9.29 Å². The Morgan fingerprint density at radius 2 is 1.76 bits per heavy atom. The number of hydrogen-bond donors (Lipinski definition) is 1. The predicted molar refractivity (Wildman–Crippen MR) is 66.6 cm³/mol. The molecule has 0 radical (unpaired) electrons. The average molecular weight is 328 g/mol. The molecule has 1 rings (SSSR count). The number of esters is 1. The van der Waals surface area contributed by atoms with Crippen molar-refractivity contribution >= 4 is 17.0 Å². The number of rotatable bonds is 7. The van der Waals surface area contributed by atoms with E-state index in [9.17, 15) is 26.6 Å². The summed E-state index contributed by atoms with van der Waals surface area (Å²) < 4.78 is 74.6. The van der Waals surface area contributed by atoms with E-state index in [1.807, 2.05) is 0 Å². The van der Waals surface area contributed by atoms with Crippen LogP contribution in [0.4, 0.5) is 17.6 Å².